The van der Waals surface area contributed by atoms with Gasteiger partial charge in [-0.15, -0.1) is 0 Å². The Kier molecular flexibility index (Phi) is 6.13. The van der Waals surface area contributed by atoms with E-state index in [9.17, 15) is 9.90 Å². The van der Waals surface area contributed by atoms with Crippen molar-refractivity contribution in [2.75, 3.05) is 13.1 Å². The third kappa shape index (κ3) is 4.97. The summed E-state index contributed by atoms with van der Waals surface area (Å²) in [7, 11) is 0. The molecule has 1 saturated carbocycles. The van der Waals surface area contributed by atoms with Crippen LogP contribution in [0.25, 0.3) is 0 Å². The molecule has 0 saturated heterocycles. The van der Waals surface area contributed by atoms with Crippen molar-refractivity contribution >= 4 is 5.97 Å². The summed E-state index contributed by atoms with van der Waals surface area (Å²) in [6.45, 7) is 8.59. The number of unbranched alkanes of at least 4 members (excludes halogenated alkanes) is 1. The molecule has 0 aromatic carbocycles. The molecule has 3 nitrogen and oxygen atoms in total. The second kappa shape index (κ2) is 7.13. The van der Waals surface area contributed by atoms with Gasteiger partial charge in [0.1, 0.15) is 0 Å². The highest BCUT2D eigenvalue weighted by Gasteiger charge is 2.39. The van der Waals surface area contributed by atoms with Gasteiger partial charge < -0.3 is 10.4 Å². The van der Waals surface area contributed by atoms with E-state index in [1.807, 2.05) is 0 Å². The second-order valence-corrected chi connectivity index (χ2v) is 6.46. The number of carboxylic acids is 1. The molecule has 0 amide bonds. The first kappa shape index (κ1) is 15.5. The van der Waals surface area contributed by atoms with Crippen LogP contribution >= 0.6 is 0 Å². The van der Waals surface area contributed by atoms with Gasteiger partial charge in [0.25, 0.3) is 0 Å². The first-order chi connectivity index (χ1) is 8.47. The Morgan fingerprint density at radius 1 is 1.33 bits per heavy atom. The summed E-state index contributed by atoms with van der Waals surface area (Å²) in [5.41, 5.74) is -0.0172. The molecule has 0 aromatic heterocycles. The van der Waals surface area contributed by atoms with Crippen LogP contribution in [-0.4, -0.2) is 24.2 Å². The molecule has 18 heavy (non-hydrogen) atoms. The summed E-state index contributed by atoms with van der Waals surface area (Å²) in [6, 6.07) is 0. The van der Waals surface area contributed by atoms with Crippen molar-refractivity contribution < 1.29 is 9.90 Å². The molecule has 3 atom stereocenters. The van der Waals surface area contributed by atoms with Crippen molar-refractivity contribution in [3.05, 3.63) is 0 Å². The average Bonchev–Trinajstić information content (AvgIpc) is 2.21. The molecule has 0 spiro atoms. The third-order valence-electron chi connectivity index (χ3n) is 4.10. The van der Waals surface area contributed by atoms with Crippen molar-refractivity contribution in [3.63, 3.8) is 0 Å². The Morgan fingerprint density at radius 2 is 1.94 bits per heavy atom. The van der Waals surface area contributed by atoms with E-state index in [1.54, 1.807) is 0 Å². The van der Waals surface area contributed by atoms with Crippen LogP contribution in [0.1, 0.15) is 59.3 Å². The van der Waals surface area contributed by atoms with Crippen LogP contribution in [-0.2, 0) is 4.79 Å². The Morgan fingerprint density at radius 3 is 2.44 bits per heavy atom. The number of nitrogens with one attached hydrogen (secondary N) is 1. The number of carboxylic acid groups (broad SMARTS) is 1. The molecule has 0 aromatic rings. The SMILES string of the molecule is CCCCNCC1(CC(=O)O)CC(C)C[C@H](C)C1. The molecule has 3 heteroatoms. The van der Waals surface area contributed by atoms with Crippen LogP contribution in [0.2, 0.25) is 0 Å². The first-order valence-corrected chi connectivity index (χ1v) is 7.40. The number of aliphatic carboxylic acids is 1. The topological polar surface area (TPSA) is 49.3 Å². The highest BCUT2D eigenvalue weighted by Crippen LogP contribution is 2.44. The van der Waals surface area contributed by atoms with Crippen molar-refractivity contribution in [3.8, 4) is 0 Å². The maximum Gasteiger partial charge on any atom is 0.303 e. The van der Waals surface area contributed by atoms with Gasteiger partial charge in [0.15, 0.2) is 0 Å². The van der Waals surface area contributed by atoms with E-state index in [0.717, 1.165) is 25.9 Å². The molecule has 1 aliphatic carbocycles. The van der Waals surface area contributed by atoms with E-state index in [1.165, 1.54) is 19.3 Å². The molecule has 1 fully saturated rings. The van der Waals surface area contributed by atoms with Crippen molar-refractivity contribution in [1.29, 1.82) is 0 Å². The molecular weight excluding hydrogens is 226 g/mol. The molecule has 0 radical (unpaired) electrons. The average molecular weight is 255 g/mol. The lowest BCUT2D eigenvalue weighted by atomic mass is 9.64. The van der Waals surface area contributed by atoms with E-state index in [0.29, 0.717) is 18.3 Å². The van der Waals surface area contributed by atoms with Crippen LogP contribution < -0.4 is 5.32 Å². The van der Waals surface area contributed by atoms with Gasteiger partial charge in [0.05, 0.1) is 6.42 Å². The molecule has 2 N–H and O–H groups in total. The number of rotatable bonds is 7. The zero-order valence-corrected chi connectivity index (χ0v) is 12.2. The summed E-state index contributed by atoms with van der Waals surface area (Å²) in [6.07, 6.45) is 6.04. The summed E-state index contributed by atoms with van der Waals surface area (Å²) in [5, 5.41) is 12.7. The minimum absolute atomic E-state index is 0.0172. The normalized spacial score (nSPS) is 32.4. The monoisotopic (exact) mass is 255 g/mol. The summed E-state index contributed by atoms with van der Waals surface area (Å²) >= 11 is 0. The number of carbonyl (C=O) groups is 1. The Labute approximate surface area is 111 Å². The van der Waals surface area contributed by atoms with Gasteiger partial charge >= 0.3 is 5.97 Å². The summed E-state index contributed by atoms with van der Waals surface area (Å²) in [5.74, 6) is 0.663. The van der Waals surface area contributed by atoms with Gasteiger partial charge in [-0.1, -0.05) is 27.2 Å². The summed E-state index contributed by atoms with van der Waals surface area (Å²) in [4.78, 5) is 11.1. The lowest BCUT2D eigenvalue weighted by Gasteiger charge is -2.42. The van der Waals surface area contributed by atoms with Crippen molar-refractivity contribution in [2.24, 2.45) is 17.3 Å². The highest BCUT2D eigenvalue weighted by molar-refractivity contribution is 5.67. The first-order valence-electron chi connectivity index (χ1n) is 7.40. The zero-order chi connectivity index (χ0) is 13.6. The van der Waals surface area contributed by atoms with Crippen LogP contribution in [0.15, 0.2) is 0 Å². The van der Waals surface area contributed by atoms with Crippen LogP contribution in [0.5, 0.6) is 0 Å². The fourth-order valence-electron chi connectivity index (χ4n) is 3.74. The van der Waals surface area contributed by atoms with Gasteiger partial charge in [0, 0.05) is 6.54 Å². The largest absolute Gasteiger partial charge is 0.481 e. The van der Waals surface area contributed by atoms with Crippen molar-refractivity contribution in [2.45, 2.75) is 59.3 Å². The standard InChI is InChI=1S/C15H29NO2/c1-4-5-6-16-11-15(10-14(17)18)8-12(2)7-13(3)9-15/h12-13,16H,4-11H2,1-3H3,(H,17,18)/t12-,13?,15?/m0/s1. The molecule has 106 valence electrons. The number of hydrogen-bond donors (Lipinski definition) is 2. The van der Waals surface area contributed by atoms with E-state index < -0.39 is 5.97 Å². The minimum Gasteiger partial charge on any atom is -0.481 e. The quantitative estimate of drug-likeness (QED) is 0.686. The fraction of sp³-hybridized carbons (Fsp3) is 0.933. The van der Waals surface area contributed by atoms with Crippen LogP contribution in [0.3, 0.4) is 0 Å². The predicted octanol–water partition coefficient (Wildman–Crippen LogP) is 3.29. The molecule has 0 heterocycles. The molecule has 2 unspecified atom stereocenters. The van der Waals surface area contributed by atoms with E-state index >= 15 is 0 Å². The van der Waals surface area contributed by atoms with Gasteiger partial charge in [-0.05, 0) is 49.5 Å². The van der Waals surface area contributed by atoms with E-state index in [4.69, 9.17) is 0 Å². The maximum atomic E-state index is 11.1. The van der Waals surface area contributed by atoms with Crippen molar-refractivity contribution in [1.82, 2.24) is 5.32 Å². The van der Waals surface area contributed by atoms with Gasteiger partial charge in [-0.2, -0.15) is 0 Å². The molecule has 0 bridgehead atoms. The fourth-order valence-corrected chi connectivity index (χ4v) is 3.74. The molecular formula is C15H29NO2. The lowest BCUT2D eigenvalue weighted by Crippen LogP contribution is -2.42. The molecule has 1 rings (SSSR count). The van der Waals surface area contributed by atoms with Crippen LogP contribution in [0, 0.1) is 17.3 Å². The van der Waals surface area contributed by atoms with Gasteiger partial charge in [0.2, 0.25) is 0 Å². The smallest absolute Gasteiger partial charge is 0.303 e. The molecule has 0 aliphatic heterocycles. The predicted molar refractivity (Wildman–Crippen MR) is 74.6 cm³/mol. The summed E-state index contributed by atoms with van der Waals surface area (Å²) < 4.78 is 0. The van der Waals surface area contributed by atoms with Gasteiger partial charge in [-0.3, -0.25) is 4.79 Å². The van der Waals surface area contributed by atoms with Gasteiger partial charge in [-0.25, -0.2) is 0 Å². The zero-order valence-electron chi connectivity index (χ0n) is 12.2. The third-order valence-corrected chi connectivity index (χ3v) is 4.10. The second-order valence-electron chi connectivity index (χ2n) is 6.46. The van der Waals surface area contributed by atoms with E-state index in [2.05, 4.69) is 26.1 Å². The Bertz CT molecular complexity index is 255. The molecule has 1 aliphatic rings. The van der Waals surface area contributed by atoms with E-state index in [-0.39, 0.29) is 5.41 Å². The minimum atomic E-state index is -0.645. The Balaban J connectivity index is 2.59. The lowest BCUT2D eigenvalue weighted by molar-refractivity contribution is -0.140. The Hall–Kier alpha value is -0.570. The van der Waals surface area contributed by atoms with Crippen LogP contribution in [0.4, 0.5) is 0 Å². The highest BCUT2D eigenvalue weighted by atomic mass is 16.4. The number of hydrogen-bond acceptors (Lipinski definition) is 2. The maximum absolute atomic E-state index is 11.1.